The summed E-state index contributed by atoms with van der Waals surface area (Å²) in [5, 5.41) is 10.5. The number of rotatable bonds is 3. The smallest absolute Gasteiger partial charge is 0.289 e. The molecule has 0 spiro atoms. The van der Waals surface area contributed by atoms with Crippen LogP contribution in [0.3, 0.4) is 0 Å². The minimum absolute atomic E-state index is 0.0561. The summed E-state index contributed by atoms with van der Waals surface area (Å²) in [6.45, 7) is 2.66. The molecule has 1 aromatic carbocycles. The van der Waals surface area contributed by atoms with Gasteiger partial charge in [0, 0.05) is 24.0 Å². The minimum atomic E-state index is -0.304. The van der Waals surface area contributed by atoms with Crippen LogP contribution in [-0.2, 0) is 0 Å². The molecule has 3 aromatic rings. The lowest BCUT2D eigenvalue weighted by Crippen LogP contribution is -2.61. The fourth-order valence-corrected chi connectivity index (χ4v) is 2.76. The highest BCUT2D eigenvalue weighted by Crippen LogP contribution is 2.18. The van der Waals surface area contributed by atoms with Gasteiger partial charge in [-0.1, -0.05) is 0 Å². The highest BCUT2D eigenvalue weighted by molar-refractivity contribution is 5.98. The summed E-state index contributed by atoms with van der Waals surface area (Å²) in [5.41, 5.74) is 2.05. The fraction of sp³-hybridized carbons (Fsp3) is 0.250. The number of H-pyrrole nitrogens is 1. The van der Waals surface area contributed by atoms with Gasteiger partial charge < -0.3 is 14.6 Å². The zero-order valence-corrected chi connectivity index (χ0v) is 12.9. The Labute approximate surface area is 136 Å². The van der Waals surface area contributed by atoms with Crippen LogP contribution in [0.2, 0.25) is 0 Å². The summed E-state index contributed by atoms with van der Waals surface area (Å²) < 4.78 is 5.06. The molecule has 122 valence electrons. The molecule has 2 amide bonds. The van der Waals surface area contributed by atoms with Gasteiger partial charge in [-0.05, 0) is 25.1 Å². The Hall–Kier alpha value is -3.16. The number of nitrogens with zero attached hydrogens (tertiary/aromatic N) is 3. The Morgan fingerprint density at radius 2 is 2.21 bits per heavy atom. The zero-order chi connectivity index (χ0) is 16.7. The first-order valence-corrected chi connectivity index (χ1v) is 7.55. The van der Waals surface area contributed by atoms with Crippen LogP contribution in [0.5, 0.6) is 0 Å². The van der Waals surface area contributed by atoms with Crippen LogP contribution in [0.15, 0.2) is 35.2 Å². The van der Waals surface area contributed by atoms with Crippen LogP contribution in [0, 0.1) is 6.92 Å². The molecule has 2 N–H and O–H groups in total. The number of likely N-dealkylation sites (tertiary alicyclic amines) is 1. The first-order chi connectivity index (χ1) is 11.6. The molecule has 1 fully saturated rings. The lowest BCUT2D eigenvalue weighted by atomic mass is 10.1. The van der Waals surface area contributed by atoms with Crippen molar-refractivity contribution in [2.75, 3.05) is 13.1 Å². The van der Waals surface area contributed by atoms with Gasteiger partial charge in [-0.3, -0.25) is 14.7 Å². The molecule has 8 heteroatoms. The van der Waals surface area contributed by atoms with Gasteiger partial charge in [-0.2, -0.15) is 5.10 Å². The van der Waals surface area contributed by atoms with Crippen LogP contribution < -0.4 is 5.32 Å². The van der Waals surface area contributed by atoms with E-state index in [1.165, 1.54) is 6.39 Å². The number of hydrogen-bond donors (Lipinski definition) is 2. The molecule has 3 heterocycles. The Kier molecular flexibility index (Phi) is 3.30. The number of fused-ring (bicyclic) bond motifs is 1. The standard InChI is InChI=1S/C16H15N5O3/c1-9-14(24-8-17-9)15(22)19-12-6-21(7-12)16(23)10-2-3-13-11(4-10)5-18-20-13/h2-5,8,12H,6-7H2,1H3,(H,18,20)(H,19,22). The molecule has 0 aliphatic carbocycles. The van der Waals surface area contributed by atoms with Gasteiger partial charge in [-0.25, -0.2) is 4.98 Å². The first kappa shape index (κ1) is 14.4. The zero-order valence-electron chi connectivity index (χ0n) is 12.9. The number of hydrogen-bond acceptors (Lipinski definition) is 5. The molecule has 1 aliphatic rings. The van der Waals surface area contributed by atoms with Crippen molar-refractivity contribution in [1.82, 2.24) is 25.4 Å². The van der Waals surface area contributed by atoms with E-state index in [2.05, 4.69) is 20.5 Å². The number of aromatic amines is 1. The number of carbonyl (C=O) groups is 2. The third kappa shape index (κ3) is 2.41. The average molecular weight is 325 g/mol. The molecule has 4 rings (SSSR count). The molecule has 0 unspecified atom stereocenters. The van der Waals surface area contributed by atoms with Crippen LogP contribution in [-0.4, -0.2) is 51.0 Å². The van der Waals surface area contributed by atoms with Crippen LogP contribution >= 0.6 is 0 Å². The summed E-state index contributed by atoms with van der Waals surface area (Å²) in [6.07, 6.45) is 2.93. The van der Waals surface area contributed by atoms with Crippen molar-refractivity contribution >= 4 is 22.7 Å². The van der Waals surface area contributed by atoms with E-state index < -0.39 is 0 Å². The summed E-state index contributed by atoms with van der Waals surface area (Å²) in [4.78, 5) is 30.1. The van der Waals surface area contributed by atoms with Crippen molar-refractivity contribution in [2.24, 2.45) is 0 Å². The van der Waals surface area contributed by atoms with Crippen LogP contribution in [0.25, 0.3) is 10.9 Å². The van der Waals surface area contributed by atoms with Crippen LogP contribution in [0.4, 0.5) is 0 Å². The monoisotopic (exact) mass is 325 g/mol. The fourth-order valence-electron chi connectivity index (χ4n) is 2.76. The largest absolute Gasteiger partial charge is 0.438 e. The van der Waals surface area contributed by atoms with Gasteiger partial charge in [0.25, 0.3) is 11.8 Å². The molecule has 0 bridgehead atoms. The molecule has 8 nitrogen and oxygen atoms in total. The normalized spacial score (nSPS) is 14.6. The molecule has 0 saturated carbocycles. The van der Waals surface area contributed by atoms with Gasteiger partial charge in [0.05, 0.1) is 23.4 Å². The number of carbonyl (C=O) groups excluding carboxylic acids is 2. The predicted molar refractivity (Wildman–Crippen MR) is 84.5 cm³/mol. The Bertz CT molecular complexity index is 923. The summed E-state index contributed by atoms with van der Waals surface area (Å²) in [5.74, 6) is -0.147. The number of nitrogens with one attached hydrogen (secondary N) is 2. The maximum atomic E-state index is 12.5. The van der Waals surface area contributed by atoms with Crippen molar-refractivity contribution in [3.8, 4) is 0 Å². The van der Waals surface area contributed by atoms with E-state index in [9.17, 15) is 9.59 Å². The number of oxazole rings is 1. The molecule has 0 atom stereocenters. The quantitative estimate of drug-likeness (QED) is 0.751. The lowest BCUT2D eigenvalue weighted by molar-refractivity contribution is 0.0538. The molecule has 2 aromatic heterocycles. The van der Waals surface area contributed by atoms with Crippen LogP contribution in [0.1, 0.15) is 26.6 Å². The highest BCUT2D eigenvalue weighted by atomic mass is 16.3. The van der Waals surface area contributed by atoms with Crippen molar-refractivity contribution in [3.63, 3.8) is 0 Å². The third-order valence-corrected chi connectivity index (χ3v) is 4.14. The highest BCUT2D eigenvalue weighted by Gasteiger charge is 2.33. The van der Waals surface area contributed by atoms with E-state index in [1.54, 1.807) is 24.1 Å². The Morgan fingerprint density at radius 1 is 1.38 bits per heavy atom. The Morgan fingerprint density at radius 3 is 2.96 bits per heavy atom. The summed E-state index contributed by atoms with van der Waals surface area (Å²) in [6, 6.07) is 5.34. The molecular formula is C16H15N5O3. The van der Waals surface area contributed by atoms with Crippen molar-refractivity contribution in [3.05, 3.63) is 47.8 Å². The van der Waals surface area contributed by atoms with Gasteiger partial charge in [0.1, 0.15) is 0 Å². The van der Waals surface area contributed by atoms with Gasteiger partial charge in [0.2, 0.25) is 5.76 Å². The van der Waals surface area contributed by atoms with E-state index in [1.807, 2.05) is 12.1 Å². The number of aryl methyl sites for hydroxylation is 1. The Balaban J connectivity index is 1.37. The third-order valence-electron chi connectivity index (χ3n) is 4.14. The summed E-state index contributed by atoms with van der Waals surface area (Å²) >= 11 is 0. The van der Waals surface area contributed by atoms with E-state index in [4.69, 9.17) is 4.42 Å². The maximum absolute atomic E-state index is 12.5. The lowest BCUT2D eigenvalue weighted by Gasteiger charge is -2.39. The molecule has 24 heavy (non-hydrogen) atoms. The second-order valence-electron chi connectivity index (χ2n) is 5.82. The predicted octanol–water partition coefficient (Wildman–Crippen LogP) is 1.11. The SMILES string of the molecule is Cc1ncoc1C(=O)NC1CN(C(=O)c2ccc3[nH]ncc3c2)C1. The van der Waals surface area contributed by atoms with E-state index in [0.29, 0.717) is 24.3 Å². The van der Waals surface area contributed by atoms with Gasteiger partial charge >= 0.3 is 0 Å². The van der Waals surface area contributed by atoms with Crippen molar-refractivity contribution in [1.29, 1.82) is 0 Å². The number of benzene rings is 1. The second-order valence-corrected chi connectivity index (χ2v) is 5.82. The minimum Gasteiger partial charge on any atom is -0.438 e. The number of aromatic nitrogens is 3. The van der Waals surface area contributed by atoms with E-state index >= 15 is 0 Å². The molecule has 1 aliphatic heterocycles. The summed E-state index contributed by atoms with van der Waals surface area (Å²) in [7, 11) is 0. The van der Waals surface area contributed by atoms with E-state index in [-0.39, 0.29) is 23.6 Å². The van der Waals surface area contributed by atoms with Gasteiger partial charge in [-0.15, -0.1) is 0 Å². The van der Waals surface area contributed by atoms with Crippen molar-refractivity contribution in [2.45, 2.75) is 13.0 Å². The molecular weight excluding hydrogens is 310 g/mol. The number of amides is 2. The maximum Gasteiger partial charge on any atom is 0.289 e. The average Bonchev–Trinajstić information content (AvgIpc) is 3.17. The first-order valence-electron chi connectivity index (χ1n) is 7.55. The second kappa shape index (κ2) is 5.48. The topological polar surface area (TPSA) is 104 Å². The van der Waals surface area contributed by atoms with E-state index in [0.717, 1.165) is 10.9 Å². The molecule has 0 radical (unpaired) electrons. The van der Waals surface area contributed by atoms with Gasteiger partial charge in [0.15, 0.2) is 6.39 Å². The molecule has 1 saturated heterocycles. The van der Waals surface area contributed by atoms with Crippen molar-refractivity contribution < 1.29 is 14.0 Å².